The molecule has 0 saturated carbocycles. The molecule has 1 aromatic carbocycles. The maximum Gasteiger partial charge on any atom is 0.416 e. The second-order valence-electron chi connectivity index (χ2n) is 5.31. The molecule has 120 valence electrons. The summed E-state index contributed by atoms with van der Waals surface area (Å²) >= 11 is 0. The van der Waals surface area contributed by atoms with Crippen LogP contribution in [0.3, 0.4) is 0 Å². The predicted molar refractivity (Wildman–Crippen MR) is 78.5 cm³/mol. The SMILES string of the molecule is CC(C)C(C)(CN)NC(=O)c1ccc(C(F)(F)F)cc1.Cl. The number of hydrogen-bond donors (Lipinski definition) is 2. The highest BCUT2D eigenvalue weighted by Gasteiger charge is 2.31. The summed E-state index contributed by atoms with van der Waals surface area (Å²) in [4.78, 5) is 12.0. The number of carbonyl (C=O) groups is 1. The normalized spacial score (nSPS) is 14.3. The summed E-state index contributed by atoms with van der Waals surface area (Å²) in [5, 5.41) is 2.77. The molecular weight excluding hydrogens is 305 g/mol. The van der Waals surface area contributed by atoms with Crippen molar-refractivity contribution in [3.05, 3.63) is 35.4 Å². The van der Waals surface area contributed by atoms with Crippen molar-refractivity contribution < 1.29 is 18.0 Å². The van der Waals surface area contributed by atoms with E-state index in [2.05, 4.69) is 5.32 Å². The number of halogens is 4. The van der Waals surface area contributed by atoms with Gasteiger partial charge in [0.2, 0.25) is 0 Å². The van der Waals surface area contributed by atoms with Crippen LogP contribution < -0.4 is 11.1 Å². The molecule has 0 aromatic heterocycles. The fourth-order valence-electron chi connectivity index (χ4n) is 1.57. The Labute approximate surface area is 128 Å². The largest absolute Gasteiger partial charge is 0.416 e. The van der Waals surface area contributed by atoms with Gasteiger partial charge in [0, 0.05) is 12.1 Å². The molecule has 21 heavy (non-hydrogen) atoms. The smallest absolute Gasteiger partial charge is 0.345 e. The number of benzene rings is 1. The molecule has 0 bridgehead atoms. The van der Waals surface area contributed by atoms with Crippen LogP contribution in [-0.4, -0.2) is 18.0 Å². The summed E-state index contributed by atoms with van der Waals surface area (Å²) in [5.74, 6) is -0.328. The number of hydrogen-bond acceptors (Lipinski definition) is 2. The molecule has 3 nitrogen and oxygen atoms in total. The van der Waals surface area contributed by atoms with Crippen LogP contribution in [0.15, 0.2) is 24.3 Å². The third-order valence-electron chi connectivity index (χ3n) is 3.57. The van der Waals surface area contributed by atoms with E-state index in [1.165, 1.54) is 0 Å². The predicted octanol–water partition coefficient (Wildman–Crippen LogP) is 3.23. The standard InChI is InChI=1S/C14H19F3N2O.ClH/c1-9(2)13(3,8-18)19-12(20)10-4-6-11(7-5-10)14(15,16)17;/h4-7,9H,8,18H2,1-3H3,(H,19,20);1H. The minimum absolute atomic E-state index is 0. The first-order valence-electron chi connectivity index (χ1n) is 6.30. The van der Waals surface area contributed by atoms with Gasteiger partial charge in [0.05, 0.1) is 11.1 Å². The lowest BCUT2D eigenvalue weighted by Crippen LogP contribution is -2.55. The zero-order chi connectivity index (χ0) is 15.6. The van der Waals surface area contributed by atoms with Gasteiger partial charge in [0.25, 0.3) is 5.91 Å². The van der Waals surface area contributed by atoms with Gasteiger partial charge in [-0.2, -0.15) is 13.2 Å². The Balaban J connectivity index is 0.00000400. The summed E-state index contributed by atoms with van der Waals surface area (Å²) in [5.41, 5.74) is 4.46. The molecule has 1 amide bonds. The van der Waals surface area contributed by atoms with E-state index in [0.29, 0.717) is 0 Å². The zero-order valence-corrected chi connectivity index (χ0v) is 12.9. The van der Waals surface area contributed by atoms with E-state index in [0.717, 1.165) is 24.3 Å². The van der Waals surface area contributed by atoms with E-state index in [-0.39, 0.29) is 30.4 Å². The molecule has 0 spiro atoms. The summed E-state index contributed by atoms with van der Waals surface area (Å²) < 4.78 is 37.3. The maximum atomic E-state index is 12.4. The van der Waals surface area contributed by atoms with Crippen LogP contribution in [0.5, 0.6) is 0 Å². The number of alkyl halides is 3. The van der Waals surface area contributed by atoms with Crippen LogP contribution in [0.25, 0.3) is 0 Å². The fraction of sp³-hybridized carbons (Fsp3) is 0.500. The van der Waals surface area contributed by atoms with E-state index in [1.807, 2.05) is 13.8 Å². The molecule has 1 unspecified atom stereocenters. The Kier molecular flexibility index (Phi) is 6.70. The van der Waals surface area contributed by atoms with Gasteiger partial charge in [-0.25, -0.2) is 0 Å². The van der Waals surface area contributed by atoms with Crippen molar-refractivity contribution in [2.24, 2.45) is 11.7 Å². The van der Waals surface area contributed by atoms with Crippen molar-refractivity contribution in [1.29, 1.82) is 0 Å². The Morgan fingerprint density at radius 2 is 1.71 bits per heavy atom. The molecule has 3 N–H and O–H groups in total. The van der Waals surface area contributed by atoms with Crippen LogP contribution in [-0.2, 0) is 6.18 Å². The van der Waals surface area contributed by atoms with Crippen molar-refractivity contribution in [2.75, 3.05) is 6.54 Å². The van der Waals surface area contributed by atoms with Crippen LogP contribution in [0.4, 0.5) is 13.2 Å². The number of rotatable bonds is 4. The summed E-state index contributed by atoms with van der Waals surface area (Å²) in [6.45, 7) is 5.89. The summed E-state index contributed by atoms with van der Waals surface area (Å²) in [7, 11) is 0. The topological polar surface area (TPSA) is 55.1 Å². The highest BCUT2D eigenvalue weighted by molar-refractivity contribution is 5.94. The first-order chi connectivity index (χ1) is 9.10. The van der Waals surface area contributed by atoms with Crippen molar-refractivity contribution in [2.45, 2.75) is 32.5 Å². The van der Waals surface area contributed by atoms with Gasteiger partial charge >= 0.3 is 6.18 Å². The zero-order valence-electron chi connectivity index (χ0n) is 12.1. The number of nitrogens with one attached hydrogen (secondary N) is 1. The van der Waals surface area contributed by atoms with Gasteiger partial charge in [0.15, 0.2) is 0 Å². The lowest BCUT2D eigenvalue weighted by atomic mass is 9.88. The fourth-order valence-corrected chi connectivity index (χ4v) is 1.57. The summed E-state index contributed by atoms with van der Waals surface area (Å²) in [6, 6.07) is 4.11. The highest BCUT2D eigenvalue weighted by Crippen LogP contribution is 2.29. The molecule has 0 radical (unpaired) electrons. The van der Waals surface area contributed by atoms with Crippen LogP contribution >= 0.6 is 12.4 Å². The molecule has 0 saturated heterocycles. The molecule has 0 aliphatic carbocycles. The van der Waals surface area contributed by atoms with Gasteiger partial charge in [0.1, 0.15) is 0 Å². The second-order valence-corrected chi connectivity index (χ2v) is 5.31. The van der Waals surface area contributed by atoms with E-state index in [4.69, 9.17) is 5.73 Å². The molecule has 1 aromatic rings. The molecule has 0 heterocycles. The second kappa shape index (κ2) is 7.13. The Bertz CT molecular complexity index is 474. The van der Waals surface area contributed by atoms with Gasteiger partial charge in [-0.1, -0.05) is 13.8 Å². The van der Waals surface area contributed by atoms with Gasteiger partial charge in [-0.05, 0) is 37.1 Å². The molecular formula is C14H20ClF3N2O. The van der Waals surface area contributed by atoms with E-state index < -0.39 is 23.2 Å². The van der Waals surface area contributed by atoms with Crippen molar-refractivity contribution in [3.63, 3.8) is 0 Å². The van der Waals surface area contributed by atoms with Crippen LogP contribution in [0.2, 0.25) is 0 Å². The first kappa shape index (κ1) is 19.7. The first-order valence-corrected chi connectivity index (χ1v) is 6.30. The van der Waals surface area contributed by atoms with Gasteiger partial charge in [-0.3, -0.25) is 4.79 Å². The van der Waals surface area contributed by atoms with Gasteiger partial charge < -0.3 is 11.1 Å². The van der Waals surface area contributed by atoms with Crippen LogP contribution in [0, 0.1) is 5.92 Å². The number of amides is 1. The Hall–Kier alpha value is -1.27. The van der Waals surface area contributed by atoms with Crippen molar-refractivity contribution in [3.8, 4) is 0 Å². The van der Waals surface area contributed by atoms with Crippen LogP contribution in [0.1, 0.15) is 36.7 Å². The number of carbonyl (C=O) groups excluding carboxylic acids is 1. The van der Waals surface area contributed by atoms with Gasteiger partial charge in [-0.15, -0.1) is 12.4 Å². The lowest BCUT2D eigenvalue weighted by molar-refractivity contribution is -0.137. The van der Waals surface area contributed by atoms with E-state index in [1.54, 1.807) is 6.92 Å². The minimum Gasteiger partial charge on any atom is -0.345 e. The quantitative estimate of drug-likeness (QED) is 0.893. The third-order valence-corrected chi connectivity index (χ3v) is 3.57. The summed E-state index contributed by atoms with van der Waals surface area (Å²) in [6.07, 6.45) is -4.40. The lowest BCUT2D eigenvalue weighted by Gasteiger charge is -2.33. The molecule has 1 atom stereocenters. The van der Waals surface area contributed by atoms with E-state index >= 15 is 0 Å². The van der Waals surface area contributed by atoms with Crippen molar-refractivity contribution in [1.82, 2.24) is 5.32 Å². The Morgan fingerprint density at radius 3 is 2.05 bits per heavy atom. The average molecular weight is 325 g/mol. The number of nitrogens with two attached hydrogens (primary N) is 1. The average Bonchev–Trinajstić information content (AvgIpc) is 2.37. The monoisotopic (exact) mass is 324 g/mol. The van der Waals surface area contributed by atoms with E-state index in [9.17, 15) is 18.0 Å². The molecule has 0 aliphatic heterocycles. The highest BCUT2D eigenvalue weighted by atomic mass is 35.5. The third kappa shape index (κ3) is 4.89. The molecule has 0 fully saturated rings. The van der Waals surface area contributed by atoms with Crippen molar-refractivity contribution >= 4 is 18.3 Å². The molecule has 0 aliphatic rings. The molecule has 1 rings (SSSR count). The minimum atomic E-state index is -4.40. The Morgan fingerprint density at radius 1 is 1.24 bits per heavy atom. The molecule has 7 heteroatoms. The maximum absolute atomic E-state index is 12.4.